The molecule has 0 atom stereocenters. The highest BCUT2D eigenvalue weighted by atomic mass is 16.5. The van der Waals surface area contributed by atoms with E-state index in [9.17, 15) is 4.79 Å². The summed E-state index contributed by atoms with van der Waals surface area (Å²) in [7, 11) is 1.33. The van der Waals surface area contributed by atoms with Crippen molar-refractivity contribution >= 4 is 5.97 Å². The third-order valence-electron chi connectivity index (χ3n) is 1.55. The van der Waals surface area contributed by atoms with E-state index in [2.05, 4.69) is 4.74 Å². The number of esters is 1. The van der Waals surface area contributed by atoms with Crippen LogP contribution in [0, 0.1) is 13.8 Å². The Bertz CT molecular complexity index is 253. The van der Waals surface area contributed by atoms with E-state index in [-0.39, 0.29) is 5.76 Å². The number of aryl methyl sites for hydroxylation is 2. The van der Waals surface area contributed by atoms with Crippen LogP contribution in [-0.2, 0) is 4.74 Å². The van der Waals surface area contributed by atoms with Gasteiger partial charge in [0.15, 0.2) is 0 Å². The molecule has 1 heterocycles. The monoisotopic (exact) mass is 154 g/mol. The lowest BCUT2D eigenvalue weighted by Crippen LogP contribution is -1.98. The van der Waals surface area contributed by atoms with E-state index >= 15 is 0 Å². The third-order valence-corrected chi connectivity index (χ3v) is 1.55. The van der Waals surface area contributed by atoms with E-state index in [0.717, 1.165) is 11.3 Å². The number of hydrogen-bond acceptors (Lipinski definition) is 3. The average molecular weight is 154 g/mol. The lowest BCUT2D eigenvalue weighted by Gasteiger charge is -1.90. The van der Waals surface area contributed by atoms with Gasteiger partial charge in [-0.05, 0) is 25.5 Å². The van der Waals surface area contributed by atoms with Crippen molar-refractivity contribution in [1.82, 2.24) is 0 Å². The number of carbonyl (C=O) groups is 1. The Morgan fingerprint density at radius 1 is 1.55 bits per heavy atom. The summed E-state index contributed by atoms with van der Waals surface area (Å²) < 4.78 is 9.56. The van der Waals surface area contributed by atoms with Gasteiger partial charge in [0, 0.05) is 0 Å². The second-order valence-corrected chi connectivity index (χ2v) is 2.34. The van der Waals surface area contributed by atoms with Crippen molar-refractivity contribution in [3.8, 4) is 0 Å². The van der Waals surface area contributed by atoms with Crippen molar-refractivity contribution in [1.29, 1.82) is 0 Å². The Labute approximate surface area is 65.0 Å². The molecule has 0 amide bonds. The molecule has 0 aliphatic rings. The van der Waals surface area contributed by atoms with Crippen LogP contribution in [0.25, 0.3) is 0 Å². The van der Waals surface area contributed by atoms with Gasteiger partial charge in [0.05, 0.1) is 7.11 Å². The van der Waals surface area contributed by atoms with Gasteiger partial charge in [-0.3, -0.25) is 0 Å². The van der Waals surface area contributed by atoms with Crippen LogP contribution in [0.1, 0.15) is 21.9 Å². The summed E-state index contributed by atoms with van der Waals surface area (Å²) >= 11 is 0. The summed E-state index contributed by atoms with van der Waals surface area (Å²) in [6.45, 7) is 3.69. The first-order valence-corrected chi connectivity index (χ1v) is 3.30. The van der Waals surface area contributed by atoms with Crippen LogP contribution in [0.5, 0.6) is 0 Å². The first kappa shape index (κ1) is 7.85. The number of methoxy groups -OCH3 is 1. The van der Waals surface area contributed by atoms with E-state index in [1.807, 2.05) is 13.8 Å². The van der Waals surface area contributed by atoms with Crippen molar-refractivity contribution in [2.75, 3.05) is 7.11 Å². The molecule has 3 nitrogen and oxygen atoms in total. The molecular weight excluding hydrogens is 144 g/mol. The van der Waals surface area contributed by atoms with Crippen molar-refractivity contribution in [2.24, 2.45) is 0 Å². The van der Waals surface area contributed by atoms with Gasteiger partial charge < -0.3 is 9.15 Å². The molecule has 1 rings (SSSR count). The van der Waals surface area contributed by atoms with Crippen molar-refractivity contribution < 1.29 is 13.9 Å². The van der Waals surface area contributed by atoms with Gasteiger partial charge in [-0.25, -0.2) is 4.79 Å². The molecule has 0 fully saturated rings. The van der Waals surface area contributed by atoms with E-state index < -0.39 is 5.97 Å². The third kappa shape index (κ3) is 1.42. The summed E-state index contributed by atoms with van der Waals surface area (Å²) in [6.07, 6.45) is 0. The predicted molar refractivity (Wildman–Crippen MR) is 39.5 cm³/mol. The van der Waals surface area contributed by atoms with Gasteiger partial charge in [-0.2, -0.15) is 0 Å². The second-order valence-electron chi connectivity index (χ2n) is 2.34. The van der Waals surface area contributed by atoms with E-state index in [1.165, 1.54) is 7.11 Å². The first-order chi connectivity index (χ1) is 5.15. The lowest BCUT2D eigenvalue weighted by atomic mass is 10.3. The highest BCUT2D eigenvalue weighted by molar-refractivity contribution is 5.86. The fourth-order valence-corrected chi connectivity index (χ4v) is 0.774. The number of furan rings is 1. The number of hydrogen-bond donors (Lipinski definition) is 0. The minimum absolute atomic E-state index is 0.266. The van der Waals surface area contributed by atoms with Crippen molar-refractivity contribution in [3.05, 3.63) is 23.2 Å². The Morgan fingerprint density at radius 3 is 2.55 bits per heavy atom. The topological polar surface area (TPSA) is 39.4 Å². The zero-order valence-corrected chi connectivity index (χ0v) is 6.80. The van der Waals surface area contributed by atoms with Crippen molar-refractivity contribution in [3.63, 3.8) is 0 Å². The van der Waals surface area contributed by atoms with Gasteiger partial charge in [-0.15, -0.1) is 0 Å². The SMILES string of the molecule is COC(=O)c1cc(C)c(C)o1. The molecule has 0 radical (unpaired) electrons. The number of rotatable bonds is 1. The Kier molecular flexibility index (Phi) is 1.98. The fraction of sp³-hybridized carbons (Fsp3) is 0.375. The average Bonchev–Trinajstić information content (AvgIpc) is 2.31. The van der Waals surface area contributed by atoms with Gasteiger partial charge in [0.25, 0.3) is 0 Å². The summed E-state index contributed by atoms with van der Waals surface area (Å²) in [5.74, 6) is 0.592. The Hall–Kier alpha value is -1.25. The molecule has 0 N–H and O–H groups in total. The van der Waals surface area contributed by atoms with E-state index in [0.29, 0.717) is 0 Å². The summed E-state index contributed by atoms with van der Waals surface area (Å²) in [5.41, 5.74) is 0.963. The lowest BCUT2D eigenvalue weighted by molar-refractivity contribution is 0.0563. The van der Waals surface area contributed by atoms with Gasteiger partial charge in [-0.1, -0.05) is 0 Å². The van der Waals surface area contributed by atoms with Crippen LogP contribution in [0.2, 0.25) is 0 Å². The van der Waals surface area contributed by atoms with Gasteiger partial charge in [0.1, 0.15) is 5.76 Å². The number of carbonyl (C=O) groups excluding carboxylic acids is 1. The predicted octanol–water partition coefficient (Wildman–Crippen LogP) is 1.68. The molecule has 60 valence electrons. The number of ether oxygens (including phenoxy) is 1. The molecule has 0 aromatic carbocycles. The standard InChI is InChI=1S/C8H10O3/c1-5-4-7(8(9)10-3)11-6(5)2/h4H,1-3H3. The molecule has 11 heavy (non-hydrogen) atoms. The molecule has 0 unspecified atom stereocenters. The van der Waals surface area contributed by atoms with Gasteiger partial charge in [0.2, 0.25) is 5.76 Å². The molecule has 0 aliphatic carbocycles. The molecular formula is C8H10O3. The van der Waals surface area contributed by atoms with Gasteiger partial charge >= 0.3 is 5.97 Å². The summed E-state index contributed by atoms with van der Waals surface area (Å²) in [5, 5.41) is 0. The second kappa shape index (κ2) is 2.78. The normalized spacial score (nSPS) is 9.73. The van der Waals surface area contributed by atoms with E-state index in [4.69, 9.17) is 4.42 Å². The molecule has 0 spiro atoms. The Balaban J connectivity index is 2.97. The molecule has 0 aliphatic heterocycles. The maximum Gasteiger partial charge on any atom is 0.373 e. The zero-order chi connectivity index (χ0) is 8.43. The maximum absolute atomic E-state index is 10.9. The van der Waals surface area contributed by atoms with Crippen molar-refractivity contribution in [2.45, 2.75) is 13.8 Å². The van der Waals surface area contributed by atoms with Crippen LogP contribution in [0.4, 0.5) is 0 Å². The minimum Gasteiger partial charge on any atom is -0.463 e. The molecule has 1 aromatic rings. The van der Waals surface area contributed by atoms with Crippen LogP contribution in [-0.4, -0.2) is 13.1 Å². The quantitative estimate of drug-likeness (QED) is 0.578. The van der Waals surface area contributed by atoms with Crippen LogP contribution < -0.4 is 0 Å². The van der Waals surface area contributed by atoms with Crippen LogP contribution >= 0.6 is 0 Å². The van der Waals surface area contributed by atoms with Crippen LogP contribution in [0.3, 0.4) is 0 Å². The Morgan fingerprint density at radius 2 is 2.18 bits per heavy atom. The molecule has 3 heteroatoms. The largest absolute Gasteiger partial charge is 0.463 e. The summed E-state index contributed by atoms with van der Waals surface area (Å²) in [6, 6.07) is 1.67. The molecule has 0 saturated carbocycles. The molecule has 0 bridgehead atoms. The smallest absolute Gasteiger partial charge is 0.373 e. The molecule has 1 aromatic heterocycles. The fourth-order valence-electron chi connectivity index (χ4n) is 0.774. The summed E-state index contributed by atoms with van der Waals surface area (Å²) in [4.78, 5) is 10.9. The maximum atomic E-state index is 10.9. The molecule has 0 saturated heterocycles. The highest BCUT2D eigenvalue weighted by Crippen LogP contribution is 2.13. The van der Waals surface area contributed by atoms with Crippen LogP contribution in [0.15, 0.2) is 10.5 Å². The minimum atomic E-state index is -0.429. The highest BCUT2D eigenvalue weighted by Gasteiger charge is 2.11. The van der Waals surface area contributed by atoms with E-state index in [1.54, 1.807) is 6.07 Å². The zero-order valence-electron chi connectivity index (χ0n) is 6.80. The first-order valence-electron chi connectivity index (χ1n) is 3.30.